The van der Waals surface area contributed by atoms with E-state index in [2.05, 4.69) is 31.6 Å². The molecule has 1 fully saturated rings. The molecule has 0 amide bonds. The highest BCUT2D eigenvalue weighted by Crippen LogP contribution is 2.18. The maximum absolute atomic E-state index is 13.0. The lowest BCUT2D eigenvalue weighted by Crippen LogP contribution is -2.41. The number of anilines is 1. The van der Waals surface area contributed by atoms with Crippen molar-refractivity contribution in [1.82, 2.24) is 15.6 Å². The summed E-state index contributed by atoms with van der Waals surface area (Å²) in [4.78, 5) is 11.2. The predicted molar refractivity (Wildman–Crippen MR) is 130 cm³/mol. The van der Waals surface area contributed by atoms with Crippen molar-refractivity contribution in [2.75, 3.05) is 31.6 Å². The number of aliphatic imine (C=N–C) groups is 1. The minimum atomic E-state index is -0.271. The number of guanidine groups is 1. The van der Waals surface area contributed by atoms with Crippen LogP contribution in [0.2, 0.25) is 0 Å². The molecule has 1 aliphatic heterocycles. The Bertz CT molecular complexity index is 796. The Balaban J connectivity index is 0.00000320. The average Bonchev–Trinajstić information content (AvgIpc) is 2.76. The van der Waals surface area contributed by atoms with Gasteiger partial charge in [0.05, 0.1) is 6.54 Å². The van der Waals surface area contributed by atoms with Crippen molar-refractivity contribution < 1.29 is 9.13 Å². The van der Waals surface area contributed by atoms with Crippen LogP contribution < -0.4 is 20.3 Å². The third-order valence-electron chi connectivity index (χ3n) is 4.88. The largest absolute Gasteiger partial charge is 0.489 e. The van der Waals surface area contributed by atoms with Crippen LogP contribution >= 0.6 is 24.0 Å². The summed E-state index contributed by atoms with van der Waals surface area (Å²) < 4.78 is 18.8. The van der Waals surface area contributed by atoms with Crippen LogP contribution in [0, 0.1) is 5.82 Å². The fraction of sp³-hybridized carbons (Fsp3) is 0.455. The maximum atomic E-state index is 13.0. The number of rotatable bonds is 7. The van der Waals surface area contributed by atoms with Crippen molar-refractivity contribution in [3.8, 4) is 5.75 Å². The molecule has 0 radical (unpaired) electrons. The lowest BCUT2D eigenvalue weighted by atomic mass is 10.1. The molecule has 0 spiro atoms. The van der Waals surface area contributed by atoms with E-state index in [9.17, 15) is 4.39 Å². The van der Waals surface area contributed by atoms with E-state index >= 15 is 0 Å². The van der Waals surface area contributed by atoms with Crippen molar-refractivity contribution in [2.45, 2.75) is 38.8 Å². The van der Waals surface area contributed by atoms with Crippen molar-refractivity contribution >= 4 is 35.8 Å². The van der Waals surface area contributed by atoms with Crippen molar-refractivity contribution in [2.24, 2.45) is 4.99 Å². The van der Waals surface area contributed by atoms with Crippen LogP contribution in [-0.2, 0) is 6.54 Å². The van der Waals surface area contributed by atoms with E-state index in [0.29, 0.717) is 24.8 Å². The number of piperidine rings is 1. The number of aromatic nitrogens is 1. The summed E-state index contributed by atoms with van der Waals surface area (Å²) in [5.74, 6) is 2.13. The van der Waals surface area contributed by atoms with Gasteiger partial charge >= 0.3 is 0 Å². The first-order chi connectivity index (χ1) is 14.1. The highest BCUT2D eigenvalue weighted by atomic mass is 127. The van der Waals surface area contributed by atoms with Gasteiger partial charge in [-0.05, 0) is 68.1 Å². The molecule has 0 bridgehead atoms. The van der Waals surface area contributed by atoms with Gasteiger partial charge in [0, 0.05) is 32.9 Å². The van der Waals surface area contributed by atoms with Crippen LogP contribution in [0.25, 0.3) is 0 Å². The van der Waals surface area contributed by atoms with Crippen LogP contribution in [0.1, 0.15) is 31.7 Å². The van der Waals surface area contributed by atoms with Gasteiger partial charge in [-0.1, -0.05) is 0 Å². The van der Waals surface area contributed by atoms with E-state index in [-0.39, 0.29) is 35.9 Å². The van der Waals surface area contributed by atoms with Crippen molar-refractivity contribution in [3.63, 3.8) is 0 Å². The Morgan fingerprint density at radius 1 is 1.17 bits per heavy atom. The third-order valence-corrected chi connectivity index (χ3v) is 4.88. The molecular weight excluding hydrogens is 496 g/mol. The number of hydrogen-bond donors (Lipinski definition) is 2. The van der Waals surface area contributed by atoms with Crippen LogP contribution in [0.5, 0.6) is 5.75 Å². The Morgan fingerprint density at radius 2 is 1.90 bits per heavy atom. The van der Waals surface area contributed by atoms with E-state index in [1.54, 1.807) is 19.2 Å². The fourth-order valence-electron chi connectivity index (χ4n) is 3.30. The first-order valence-corrected chi connectivity index (χ1v) is 10.2. The Morgan fingerprint density at radius 3 is 2.60 bits per heavy atom. The number of hydrogen-bond acceptors (Lipinski definition) is 4. The van der Waals surface area contributed by atoms with Gasteiger partial charge in [0.25, 0.3) is 0 Å². The van der Waals surface area contributed by atoms with Crippen molar-refractivity contribution in [3.05, 3.63) is 54.0 Å². The zero-order valence-electron chi connectivity index (χ0n) is 17.6. The Labute approximate surface area is 195 Å². The van der Waals surface area contributed by atoms with Gasteiger partial charge in [-0.25, -0.2) is 9.37 Å². The molecule has 6 nitrogen and oxygen atoms in total. The summed E-state index contributed by atoms with van der Waals surface area (Å²) in [5, 5.41) is 6.59. The first-order valence-electron chi connectivity index (χ1n) is 10.2. The second-order valence-corrected chi connectivity index (χ2v) is 7.26. The summed E-state index contributed by atoms with van der Waals surface area (Å²) in [6.45, 7) is 5.36. The summed E-state index contributed by atoms with van der Waals surface area (Å²) in [6, 6.07) is 10.2. The van der Waals surface area contributed by atoms with Crippen LogP contribution in [0.3, 0.4) is 0 Å². The highest BCUT2D eigenvalue weighted by Gasteiger charge is 2.12. The molecule has 1 unspecified atom stereocenters. The highest BCUT2D eigenvalue weighted by molar-refractivity contribution is 14.0. The molecule has 1 aliphatic rings. The van der Waals surface area contributed by atoms with Crippen molar-refractivity contribution in [1.29, 1.82) is 0 Å². The smallest absolute Gasteiger partial charge is 0.191 e. The lowest BCUT2D eigenvalue weighted by molar-refractivity contribution is 0.223. The summed E-state index contributed by atoms with van der Waals surface area (Å²) in [6.07, 6.45) is 5.56. The minimum absolute atomic E-state index is 0. The van der Waals surface area contributed by atoms with Crippen LogP contribution in [0.4, 0.5) is 10.2 Å². The number of benzene rings is 1. The molecule has 2 heterocycles. The number of halogens is 2. The first kappa shape index (κ1) is 24.2. The molecule has 3 rings (SSSR count). The number of pyridine rings is 1. The fourth-order valence-corrected chi connectivity index (χ4v) is 3.30. The molecular formula is C22H31FIN5O. The molecule has 0 aliphatic carbocycles. The summed E-state index contributed by atoms with van der Waals surface area (Å²) in [5.41, 5.74) is 1.17. The quantitative estimate of drug-likeness (QED) is 0.325. The normalized spacial score (nSPS) is 15.2. The van der Waals surface area contributed by atoms with Gasteiger partial charge in [-0.2, -0.15) is 0 Å². The second kappa shape index (κ2) is 12.6. The zero-order valence-corrected chi connectivity index (χ0v) is 19.9. The number of nitrogens with one attached hydrogen (secondary N) is 2. The second-order valence-electron chi connectivity index (χ2n) is 7.26. The molecule has 2 N–H and O–H groups in total. The van der Waals surface area contributed by atoms with E-state index in [4.69, 9.17) is 4.74 Å². The van der Waals surface area contributed by atoms with Gasteiger partial charge in [0.1, 0.15) is 23.5 Å². The molecule has 30 heavy (non-hydrogen) atoms. The SMILES string of the molecule is CN=C(NCc1ccnc(N2CCCCC2)c1)NCC(C)Oc1ccc(F)cc1.I. The molecule has 1 saturated heterocycles. The molecule has 8 heteroatoms. The topological polar surface area (TPSA) is 61.8 Å². The molecule has 0 saturated carbocycles. The zero-order chi connectivity index (χ0) is 20.5. The Hall–Kier alpha value is -2.10. The maximum Gasteiger partial charge on any atom is 0.191 e. The predicted octanol–water partition coefficient (Wildman–Crippen LogP) is 3.96. The monoisotopic (exact) mass is 527 g/mol. The lowest BCUT2D eigenvalue weighted by Gasteiger charge is -2.28. The molecule has 164 valence electrons. The summed E-state index contributed by atoms with van der Waals surface area (Å²) in [7, 11) is 1.74. The van der Waals surface area contributed by atoms with Crippen LogP contribution in [0.15, 0.2) is 47.6 Å². The Kier molecular flexibility index (Phi) is 10.1. The standard InChI is InChI=1S/C22H30FN5O.HI/c1-17(29-20-8-6-19(23)7-9-20)15-26-22(24-2)27-16-18-10-11-25-21(14-18)28-12-4-3-5-13-28;/h6-11,14,17H,3-5,12-13,15-16H2,1-2H3,(H2,24,26,27);1H. The summed E-state index contributed by atoms with van der Waals surface area (Å²) >= 11 is 0. The van der Waals surface area contributed by atoms with E-state index in [0.717, 1.165) is 18.9 Å². The van der Waals surface area contributed by atoms with Gasteiger partial charge in [-0.3, -0.25) is 4.99 Å². The van der Waals surface area contributed by atoms with Crippen LogP contribution in [-0.4, -0.2) is 43.7 Å². The number of ether oxygens (including phenoxy) is 1. The molecule has 1 aromatic carbocycles. The molecule has 1 aromatic heterocycles. The van der Waals surface area contributed by atoms with Gasteiger partial charge in [-0.15, -0.1) is 24.0 Å². The van der Waals surface area contributed by atoms with Gasteiger partial charge in [0.15, 0.2) is 5.96 Å². The van der Waals surface area contributed by atoms with Gasteiger partial charge in [0.2, 0.25) is 0 Å². The minimum Gasteiger partial charge on any atom is -0.489 e. The average molecular weight is 527 g/mol. The molecule has 2 aromatic rings. The molecule has 1 atom stereocenters. The van der Waals surface area contributed by atoms with E-state index in [1.165, 1.54) is 37.0 Å². The third kappa shape index (κ3) is 7.62. The number of nitrogens with zero attached hydrogens (tertiary/aromatic N) is 3. The van der Waals surface area contributed by atoms with Gasteiger partial charge < -0.3 is 20.3 Å². The van der Waals surface area contributed by atoms with E-state index in [1.807, 2.05) is 19.2 Å². The van der Waals surface area contributed by atoms with E-state index < -0.39 is 0 Å².